The normalized spacial score (nSPS) is 15.6. The van der Waals surface area contributed by atoms with E-state index in [2.05, 4.69) is 46.4 Å². The molecule has 0 bridgehead atoms. The lowest BCUT2D eigenvalue weighted by atomic mass is 9.89. The highest BCUT2D eigenvalue weighted by Crippen LogP contribution is 2.35. The maximum absolute atomic E-state index is 10.6. The lowest BCUT2D eigenvalue weighted by molar-refractivity contribution is -0.135. The minimum absolute atomic E-state index is 0.0853. The molecule has 2 aromatic heterocycles. The number of para-hydroxylation sites is 1. The highest BCUT2D eigenvalue weighted by atomic mass is 32.1. The van der Waals surface area contributed by atoms with Gasteiger partial charge in [-0.15, -0.1) is 0 Å². The van der Waals surface area contributed by atoms with Crippen molar-refractivity contribution in [2.75, 3.05) is 11.9 Å². The lowest BCUT2D eigenvalue weighted by Crippen LogP contribution is -2.47. The van der Waals surface area contributed by atoms with Crippen LogP contribution >= 0.6 is 11.3 Å². The fraction of sp³-hybridized carbons (Fsp3) is 0.407. The van der Waals surface area contributed by atoms with Crippen LogP contribution in [0.2, 0.25) is 0 Å². The predicted octanol–water partition coefficient (Wildman–Crippen LogP) is 2.68. The first-order valence-electron chi connectivity index (χ1n) is 12.8. The van der Waals surface area contributed by atoms with Gasteiger partial charge in [0.15, 0.2) is 11.4 Å². The lowest BCUT2D eigenvalue weighted by Gasteiger charge is -2.26. The van der Waals surface area contributed by atoms with Gasteiger partial charge in [-0.3, -0.25) is 0 Å². The molecule has 0 amide bonds. The standard InChI is InChI=1S/C27H33N5O6S/c1-3-16(4-2)24(32-15-28-14-29-32)17-8-10-18(11-9-17)30-27-31-23-21(6-5-7-22(23)39-27)38-13-20(35)26(37)25(36)19(34)12-33/h5-12,14-16,19-20,24-26,34-37H,3-4,13H2,1-2H3,(H,30,31)/t19-,20+,24?,25+,26+/m0/s1. The van der Waals surface area contributed by atoms with Crippen LogP contribution in [0, 0.1) is 5.92 Å². The first-order chi connectivity index (χ1) is 18.9. The number of carbonyl (C=O) groups is 1. The summed E-state index contributed by atoms with van der Waals surface area (Å²) in [6.07, 6.45) is -1.51. The van der Waals surface area contributed by atoms with Crippen molar-refractivity contribution in [3.05, 3.63) is 60.7 Å². The summed E-state index contributed by atoms with van der Waals surface area (Å²) in [6, 6.07) is 13.6. The van der Waals surface area contributed by atoms with Gasteiger partial charge in [0.25, 0.3) is 0 Å². The third kappa shape index (κ3) is 6.60. The molecule has 1 unspecified atom stereocenters. The topological polar surface area (TPSA) is 163 Å². The number of benzene rings is 2. The Kier molecular flexibility index (Phi) is 9.59. The average Bonchev–Trinajstić information content (AvgIpc) is 3.64. The molecule has 4 rings (SSSR count). The van der Waals surface area contributed by atoms with E-state index in [1.54, 1.807) is 24.8 Å². The molecule has 0 saturated carbocycles. The summed E-state index contributed by atoms with van der Waals surface area (Å²) in [5.41, 5.74) is 2.58. The molecule has 0 aliphatic rings. The average molecular weight is 556 g/mol. The van der Waals surface area contributed by atoms with Crippen LogP contribution in [0.5, 0.6) is 5.75 Å². The number of nitrogens with one attached hydrogen (secondary N) is 1. The fourth-order valence-electron chi connectivity index (χ4n) is 4.50. The third-order valence-corrected chi connectivity index (χ3v) is 7.68. The largest absolute Gasteiger partial charge is 0.488 e. The Morgan fingerprint density at radius 2 is 1.79 bits per heavy atom. The number of hydrogen-bond donors (Lipinski definition) is 5. The number of aromatic nitrogens is 4. The van der Waals surface area contributed by atoms with E-state index >= 15 is 0 Å². The van der Waals surface area contributed by atoms with Crippen LogP contribution in [-0.2, 0) is 4.79 Å². The van der Waals surface area contributed by atoms with Gasteiger partial charge in [-0.05, 0) is 35.7 Å². The summed E-state index contributed by atoms with van der Waals surface area (Å²) in [5, 5.41) is 47.6. The highest BCUT2D eigenvalue weighted by molar-refractivity contribution is 7.22. The summed E-state index contributed by atoms with van der Waals surface area (Å²) in [5.74, 6) is 0.802. The zero-order chi connectivity index (χ0) is 27.9. The number of rotatable bonds is 14. The summed E-state index contributed by atoms with van der Waals surface area (Å²) < 4.78 is 8.42. The maximum atomic E-state index is 10.6. The van der Waals surface area contributed by atoms with Crippen LogP contribution in [0.4, 0.5) is 10.8 Å². The number of nitrogens with zero attached hydrogens (tertiary/aromatic N) is 4. The number of carbonyl (C=O) groups excluding carboxylic acids is 1. The Morgan fingerprint density at radius 1 is 1.05 bits per heavy atom. The molecule has 0 fully saturated rings. The van der Waals surface area contributed by atoms with Crippen LogP contribution < -0.4 is 10.1 Å². The molecule has 5 N–H and O–H groups in total. The van der Waals surface area contributed by atoms with Crippen LogP contribution in [0.25, 0.3) is 10.2 Å². The number of hydrogen-bond acceptors (Lipinski definition) is 11. The van der Waals surface area contributed by atoms with Crippen LogP contribution in [0.15, 0.2) is 55.1 Å². The molecule has 2 aromatic carbocycles. The molecular weight excluding hydrogens is 522 g/mol. The van der Waals surface area contributed by atoms with Crippen LogP contribution in [-0.4, -0.2) is 77.5 Å². The Morgan fingerprint density at radius 3 is 2.44 bits per heavy atom. The Hall–Kier alpha value is -3.42. The van der Waals surface area contributed by atoms with Crippen molar-refractivity contribution >= 4 is 38.7 Å². The van der Waals surface area contributed by atoms with E-state index < -0.39 is 24.4 Å². The summed E-state index contributed by atoms with van der Waals surface area (Å²) in [7, 11) is 0. The number of ether oxygens (including phenoxy) is 1. The molecule has 2 heterocycles. The quantitative estimate of drug-likeness (QED) is 0.146. The number of fused-ring (bicyclic) bond motifs is 1. The minimum Gasteiger partial charge on any atom is -0.488 e. The molecule has 4 aromatic rings. The van der Waals surface area contributed by atoms with Crippen molar-refractivity contribution < 1.29 is 30.0 Å². The summed E-state index contributed by atoms with van der Waals surface area (Å²) in [6.45, 7) is 3.99. The number of aldehydes is 1. The van der Waals surface area contributed by atoms with Crippen molar-refractivity contribution in [1.82, 2.24) is 19.7 Å². The Labute approximate surface area is 229 Å². The molecular formula is C27H33N5O6S. The second kappa shape index (κ2) is 13.1. The van der Waals surface area contributed by atoms with Gasteiger partial charge in [0.2, 0.25) is 0 Å². The van der Waals surface area contributed by atoms with E-state index in [9.17, 15) is 25.2 Å². The molecule has 11 nitrogen and oxygen atoms in total. The van der Waals surface area contributed by atoms with Gasteiger partial charge < -0.3 is 35.3 Å². The molecule has 5 atom stereocenters. The van der Waals surface area contributed by atoms with E-state index in [-0.39, 0.29) is 18.9 Å². The monoisotopic (exact) mass is 555 g/mol. The second-order valence-electron chi connectivity index (χ2n) is 9.25. The first-order valence-corrected chi connectivity index (χ1v) is 13.6. The Bertz CT molecular complexity index is 1330. The first kappa shape index (κ1) is 28.6. The molecule has 0 aliphatic heterocycles. The number of anilines is 2. The zero-order valence-corrected chi connectivity index (χ0v) is 22.5. The molecule has 0 radical (unpaired) electrons. The zero-order valence-electron chi connectivity index (χ0n) is 21.7. The molecule has 0 aliphatic carbocycles. The van der Waals surface area contributed by atoms with Gasteiger partial charge in [-0.1, -0.05) is 56.2 Å². The van der Waals surface area contributed by atoms with E-state index in [1.807, 2.05) is 22.9 Å². The molecule has 39 heavy (non-hydrogen) atoms. The van der Waals surface area contributed by atoms with E-state index in [1.165, 1.54) is 11.3 Å². The number of thiazole rings is 1. The van der Waals surface area contributed by atoms with E-state index in [4.69, 9.17) is 4.74 Å². The maximum Gasteiger partial charge on any atom is 0.188 e. The van der Waals surface area contributed by atoms with Gasteiger partial charge in [0.05, 0.1) is 10.7 Å². The summed E-state index contributed by atoms with van der Waals surface area (Å²) >= 11 is 1.43. The van der Waals surface area contributed by atoms with Crippen molar-refractivity contribution in [1.29, 1.82) is 0 Å². The molecule has 0 saturated heterocycles. The van der Waals surface area contributed by atoms with Gasteiger partial charge in [-0.25, -0.2) is 14.6 Å². The molecule has 0 spiro atoms. The predicted molar refractivity (Wildman–Crippen MR) is 147 cm³/mol. The van der Waals surface area contributed by atoms with Gasteiger partial charge in [0, 0.05) is 5.69 Å². The fourth-order valence-corrected chi connectivity index (χ4v) is 5.40. The van der Waals surface area contributed by atoms with Gasteiger partial charge in [0.1, 0.15) is 54.9 Å². The minimum atomic E-state index is -1.83. The van der Waals surface area contributed by atoms with Crippen LogP contribution in [0.1, 0.15) is 38.3 Å². The van der Waals surface area contributed by atoms with Gasteiger partial charge in [-0.2, -0.15) is 5.10 Å². The molecule has 12 heteroatoms. The van der Waals surface area contributed by atoms with E-state index in [0.29, 0.717) is 22.3 Å². The van der Waals surface area contributed by atoms with Crippen molar-refractivity contribution in [3.63, 3.8) is 0 Å². The smallest absolute Gasteiger partial charge is 0.188 e. The van der Waals surface area contributed by atoms with Gasteiger partial charge >= 0.3 is 0 Å². The van der Waals surface area contributed by atoms with Crippen molar-refractivity contribution in [2.24, 2.45) is 5.92 Å². The van der Waals surface area contributed by atoms with Crippen LogP contribution in [0.3, 0.4) is 0 Å². The number of aliphatic hydroxyl groups excluding tert-OH is 4. The van der Waals surface area contributed by atoms with E-state index in [0.717, 1.165) is 28.8 Å². The SMILES string of the molecule is CCC(CC)C(c1ccc(Nc2nc3c(OC[C@@H](O)[C@@H](O)[C@H](O)[C@@H](O)C=O)cccc3s2)cc1)n1cncn1. The third-order valence-electron chi connectivity index (χ3n) is 6.75. The Balaban J connectivity index is 1.46. The second-order valence-corrected chi connectivity index (χ2v) is 10.3. The number of aliphatic hydroxyl groups is 4. The van der Waals surface area contributed by atoms with Crippen molar-refractivity contribution in [3.8, 4) is 5.75 Å². The summed E-state index contributed by atoms with van der Waals surface area (Å²) in [4.78, 5) is 19.4. The van der Waals surface area contributed by atoms with Crippen molar-refractivity contribution in [2.45, 2.75) is 57.1 Å². The molecule has 208 valence electrons. The highest BCUT2D eigenvalue weighted by Gasteiger charge is 2.30.